The summed E-state index contributed by atoms with van der Waals surface area (Å²) in [5.74, 6) is 0.273. The van der Waals surface area contributed by atoms with Crippen molar-refractivity contribution >= 4 is 11.7 Å². The number of para-hydroxylation sites is 1. The maximum absolute atomic E-state index is 12.8. The number of nitrogens with one attached hydrogen (secondary N) is 1. The van der Waals surface area contributed by atoms with Gasteiger partial charge in [-0.25, -0.2) is 4.79 Å². The number of aliphatic hydroxyl groups is 1. The Morgan fingerprint density at radius 2 is 2.28 bits per heavy atom. The number of rotatable bonds is 3. The third-order valence-electron chi connectivity index (χ3n) is 6.98. The largest absolute Gasteiger partial charge is 0.466 e. The zero-order chi connectivity index (χ0) is 17.2. The van der Waals surface area contributed by atoms with Crippen molar-refractivity contribution in [2.75, 3.05) is 32.1 Å². The first kappa shape index (κ1) is 15.4. The minimum Gasteiger partial charge on any atom is -0.466 e. The van der Waals surface area contributed by atoms with Gasteiger partial charge in [-0.3, -0.25) is 4.90 Å². The molecule has 1 aliphatic carbocycles. The number of carbonyl (C=O) groups is 1. The van der Waals surface area contributed by atoms with Crippen LogP contribution < -0.4 is 5.32 Å². The number of anilines is 1. The molecule has 5 rings (SSSR count). The quantitative estimate of drug-likeness (QED) is 0.823. The van der Waals surface area contributed by atoms with Crippen LogP contribution >= 0.6 is 0 Å². The number of benzene rings is 1. The van der Waals surface area contributed by atoms with Crippen molar-refractivity contribution < 1.29 is 14.6 Å². The van der Waals surface area contributed by atoms with Crippen molar-refractivity contribution in [2.45, 2.75) is 30.7 Å². The second-order valence-electron chi connectivity index (χ2n) is 7.80. The molecule has 1 spiro atoms. The first-order valence-corrected chi connectivity index (χ1v) is 9.25. The molecule has 132 valence electrons. The zero-order valence-corrected chi connectivity index (χ0v) is 14.5. The second kappa shape index (κ2) is 5.32. The smallest absolute Gasteiger partial charge is 0.335 e. The van der Waals surface area contributed by atoms with Gasteiger partial charge in [-0.05, 0) is 49.3 Å². The van der Waals surface area contributed by atoms with Crippen LogP contribution in [0.5, 0.6) is 0 Å². The highest BCUT2D eigenvalue weighted by Gasteiger charge is 2.62. The van der Waals surface area contributed by atoms with Crippen LogP contribution in [0.15, 0.2) is 35.5 Å². The number of carbonyl (C=O) groups excluding carboxylic acids is 1. The van der Waals surface area contributed by atoms with Gasteiger partial charge in [-0.15, -0.1) is 0 Å². The Bertz CT molecular complexity index is 774. The molecule has 0 saturated carbocycles. The number of hydrogen-bond acceptors (Lipinski definition) is 5. The van der Waals surface area contributed by atoms with Crippen LogP contribution in [0.2, 0.25) is 0 Å². The van der Waals surface area contributed by atoms with Crippen LogP contribution in [0.25, 0.3) is 0 Å². The Labute approximate surface area is 147 Å². The summed E-state index contributed by atoms with van der Waals surface area (Å²) in [6, 6.07) is 8.91. The van der Waals surface area contributed by atoms with Crippen molar-refractivity contribution in [3.05, 3.63) is 41.1 Å². The third kappa shape index (κ3) is 1.83. The number of aliphatic hydroxyl groups excluding tert-OH is 1. The van der Waals surface area contributed by atoms with Gasteiger partial charge in [0, 0.05) is 30.6 Å². The maximum Gasteiger partial charge on any atom is 0.335 e. The first-order valence-electron chi connectivity index (χ1n) is 9.25. The average Bonchev–Trinajstić information content (AvgIpc) is 3.18. The molecule has 2 bridgehead atoms. The molecule has 5 nitrogen and oxygen atoms in total. The molecule has 1 aromatic carbocycles. The van der Waals surface area contributed by atoms with Crippen molar-refractivity contribution in [2.24, 2.45) is 11.8 Å². The molecule has 0 unspecified atom stereocenters. The highest BCUT2D eigenvalue weighted by atomic mass is 16.5. The van der Waals surface area contributed by atoms with Gasteiger partial charge in [0.05, 0.1) is 18.1 Å². The fraction of sp³-hybridized carbons (Fsp3) is 0.550. The molecule has 3 aliphatic heterocycles. The van der Waals surface area contributed by atoms with E-state index in [9.17, 15) is 9.90 Å². The highest BCUT2D eigenvalue weighted by Crippen LogP contribution is 2.61. The predicted molar refractivity (Wildman–Crippen MR) is 94.1 cm³/mol. The minimum atomic E-state index is -0.207. The average molecular weight is 340 g/mol. The number of nitrogens with zero attached hydrogens (tertiary/aromatic N) is 1. The Balaban J connectivity index is 1.75. The van der Waals surface area contributed by atoms with E-state index in [1.807, 2.05) is 6.07 Å². The topological polar surface area (TPSA) is 61.8 Å². The van der Waals surface area contributed by atoms with Gasteiger partial charge < -0.3 is 15.2 Å². The molecular formula is C20H24N2O3. The van der Waals surface area contributed by atoms with Crippen LogP contribution in [-0.4, -0.2) is 48.8 Å². The fourth-order valence-corrected chi connectivity index (χ4v) is 6.02. The molecule has 5 heteroatoms. The van der Waals surface area contributed by atoms with E-state index in [1.54, 1.807) is 0 Å². The SMILES string of the molecule is COC(=O)C1=C2Nc3ccccc3[C@@]23CCN2C[C@@H](CCO)[C@@H]1C[C@H]23. The fourth-order valence-electron chi connectivity index (χ4n) is 6.02. The second-order valence-corrected chi connectivity index (χ2v) is 7.80. The van der Waals surface area contributed by atoms with E-state index in [4.69, 9.17) is 4.74 Å². The lowest BCUT2D eigenvalue weighted by atomic mass is 9.60. The maximum atomic E-state index is 12.8. The lowest BCUT2D eigenvalue weighted by Gasteiger charge is -2.50. The van der Waals surface area contributed by atoms with Crippen LogP contribution in [0.4, 0.5) is 5.69 Å². The van der Waals surface area contributed by atoms with Gasteiger partial charge in [0.15, 0.2) is 0 Å². The Morgan fingerprint density at radius 1 is 1.44 bits per heavy atom. The van der Waals surface area contributed by atoms with Gasteiger partial charge in [0.2, 0.25) is 0 Å². The van der Waals surface area contributed by atoms with Crippen molar-refractivity contribution in [3.63, 3.8) is 0 Å². The molecule has 3 heterocycles. The van der Waals surface area contributed by atoms with Gasteiger partial charge in [-0.1, -0.05) is 18.2 Å². The van der Waals surface area contributed by atoms with E-state index in [-0.39, 0.29) is 23.9 Å². The Hall–Kier alpha value is -1.85. The number of esters is 1. The van der Waals surface area contributed by atoms with E-state index in [2.05, 4.69) is 28.4 Å². The van der Waals surface area contributed by atoms with E-state index in [1.165, 1.54) is 12.7 Å². The van der Waals surface area contributed by atoms with E-state index < -0.39 is 0 Å². The summed E-state index contributed by atoms with van der Waals surface area (Å²) < 4.78 is 5.20. The zero-order valence-electron chi connectivity index (χ0n) is 14.5. The van der Waals surface area contributed by atoms with Crippen LogP contribution in [0, 0.1) is 11.8 Å². The number of fused-ring (bicyclic) bond motifs is 2. The molecule has 4 aliphatic rings. The summed E-state index contributed by atoms with van der Waals surface area (Å²) in [5, 5.41) is 13.1. The lowest BCUT2D eigenvalue weighted by Crippen LogP contribution is -2.55. The van der Waals surface area contributed by atoms with Crippen LogP contribution in [0.3, 0.4) is 0 Å². The lowest BCUT2D eigenvalue weighted by molar-refractivity contribution is -0.137. The Morgan fingerprint density at radius 3 is 3.08 bits per heavy atom. The predicted octanol–water partition coefficient (Wildman–Crippen LogP) is 1.88. The standard InChI is InChI=1S/C20H24N2O3/c1-25-19(24)17-13-10-16-20(7-8-22(16)11-12(13)6-9-23)14-4-2-3-5-15(14)21-18(17)20/h2-5,12-13,16,21,23H,6-11H2,1H3/t12-,13+,16+,20-/m1/s1. The summed E-state index contributed by atoms with van der Waals surface area (Å²) in [4.78, 5) is 15.4. The Kier molecular flexibility index (Phi) is 3.28. The summed E-state index contributed by atoms with van der Waals surface area (Å²) in [5.41, 5.74) is 4.27. The van der Waals surface area contributed by atoms with Gasteiger partial charge >= 0.3 is 5.97 Å². The molecular weight excluding hydrogens is 316 g/mol. The van der Waals surface area contributed by atoms with Crippen LogP contribution in [0.1, 0.15) is 24.8 Å². The van der Waals surface area contributed by atoms with Gasteiger partial charge in [0.1, 0.15) is 0 Å². The van der Waals surface area contributed by atoms with Crippen LogP contribution in [-0.2, 0) is 14.9 Å². The van der Waals surface area contributed by atoms with E-state index in [0.29, 0.717) is 12.0 Å². The normalized spacial score (nSPS) is 35.2. The molecule has 1 aromatic rings. The molecule has 0 radical (unpaired) electrons. The van der Waals surface area contributed by atoms with E-state index >= 15 is 0 Å². The van der Waals surface area contributed by atoms with Gasteiger partial charge in [0.25, 0.3) is 0 Å². The number of methoxy groups -OCH3 is 1. The number of hydrogen-bond donors (Lipinski definition) is 2. The molecule has 4 atom stereocenters. The van der Waals surface area contributed by atoms with E-state index in [0.717, 1.165) is 49.3 Å². The summed E-state index contributed by atoms with van der Waals surface area (Å²) in [6.45, 7) is 2.18. The summed E-state index contributed by atoms with van der Waals surface area (Å²) in [6.07, 6.45) is 2.76. The molecule has 25 heavy (non-hydrogen) atoms. The highest BCUT2D eigenvalue weighted by molar-refractivity contribution is 5.93. The van der Waals surface area contributed by atoms with Crippen molar-refractivity contribution in [1.82, 2.24) is 4.90 Å². The number of piperidine rings is 1. The number of ether oxygens (including phenoxy) is 1. The third-order valence-corrected chi connectivity index (χ3v) is 6.98. The van der Waals surface area contributed by atoms with Crippen molar-refractivity contribution in [3.8, 4) is 0 Å². The monoisotopic (exact) mass is 340 g/mol. The molecule has 2 fully saturated rings. The first-order chi connectivity index (χ1) is 12.2. The molecule has 0 amide bonds. The molecule has 0 aromatic heterocycles. The van der Waals surface area contributed by atoms with Crippen molar-refractivity contribution in [1.29, 1.82) is 0 Å². The van der Waals surface area contributed by atoms with Gasteiger partial charge in [-0.2, -0.15) is 0 Å². The molecule has 2 saturated heterocycles. The summed E-state index contributed by atoms with van der Waals surface area (Å²) >= 11 is 0. The summed E-state index contributed by atoms with van der Waals surface area (Å²) in [7, 11) is 1.47. The molecule has 2 N–H and O–H groups in total. The minimum absolute atomic E-state index is 0.0964.